The maximum Gasteiger partial charge on any atom is 0.272 e. The summed E-state index contributed by atoms with van der Waals surface area (Å²) in [7, 11) is 0. The Morgan fingerprint density at radius 1 is 1.56 bits per heavy atom. The third kappa shape index (κ3) is 1.54. The highest BCUT2D eigenvalue weighted by atomic mass is 32.1. The molecule has 5 nitrogen and oxygen atoms in total. The van der Waals surface area contributed by atoms with Crippen LogP contribution in [-0.4, -0.2) is 19.2 Å². The SMILES string of the molecule is CC(C)Cn1c(=O)c2sccc2n2c(=S)[nH]nc12. The Labute approximate surface area is 112 Å². The van der Waals surface area contributed by atoms with Crippen molar-refractivity contribution >= 4 is 39.5 Å². The molecule has 0 aliphatic carbocycles. The molecular weight excluding hydrogens is 268 g/mol. The second kappa shape index (κ2) is 4.03. The van der Waals surface area contributed by atoms with Crippen molar-refractivity contribution in [3.63, 3.8) is 0 Å². The Balaban J connectivity index is 2.55. The normalized spacial score (nSPS) is 11.9. The Bertz CT molecular complexity index is 836. The fourth-order valence-corrected chi connectivity index (χ4v) is 3.12. The number of nitrogens with one attached hydrogen (secondary N) is 1. The molecule has 0 aliphatic rings. The molecule has 0 aromatic carbocycles. The lowest BCUT2D eigenvalue weighted by atomic mass is 10.2. The molecule has 1 N–H and O–H groups in total. The summed E-state index contributed by atoms with van der Waals surface area (Å²) in [6.45, 7) is 4.78. The Morgan fingerprint density at radius 3 is 3.06 bits per heavy atom. The minimum absolute atomic E-state index is 0.00944. The predicted molar refractivity (Wildman–Crippen MR) is 74.9 cm³/mol. The highest BCUT2D eigenvalue weighted by molar-refractivity contribution is 7.71. The van der Waals surface area contributed by atoms with Crippen molar-refractivity contribution in [2.24, 2.45) is 5.92 Å². The maximum absolute atomic E-state index is 12.4. The van der Waals surface area contributed by atoms with Gasteiger partial charge in [-0.05, 0) is 29.6 Å². The number of hydrogen-bond acceptors (Lipinski definition) is 4. The molecule has 0 spiro atoms. The van der Waals surface area contributed by atoms with E-state index in [-0.39, 0.29) is 5.56 Å². The number of thiophene rings is 1. The van der Waals surface area contributed by atoms with Gasteiger partial charge in [0, 0.05) is 6.54 Å². The molecule has 3 heterocycles. The Kier molecular flexibility index (Phi) is 2.60. The molecule has 3 aromatic heterocycles. The lowest BCUT2D eigenvalue weighted by Gasteiger charge is -2.10. The molecule has 18 heavy (non-hydrogen) atoms. The molecule has 0 atom stereocenters. The average Bonchev–Trinajstić information content (AvgIpc) is 2.90. The number of nitrogens with zero attached hydrogens (tertiary/aromatic N) is 3. The average molecular weight is 280 g/mol. The molecule has 0 bridgehead atoms. The summed E-state index contributed by atoms with van der Waals surface area (Å²) in [6.07, 6.45) is 0. The van der Waals surface area contributed by atoms with Crippen LogP contribution in [0.5, 0.6) is 0 Å². The van der Waals surface area contributed by atoms with Crippen molar-refractivity contribution < 1.29 is 0 Å². The van der Waals surface area contributed by atoms with E-state index in [2.05, 4.69) is 24.0 Å². The highest BCUT2D eigenvalue weighted by Gasteiger charge is 2.14. The minimum atomic E-state index is 0.00944. The molecule has 0 fully saturated rings. The molecule has 3 aromatic rings. The molecule has 0 saturated heterocycles. The van der Waals surface area contributed by atoms with Crippen LogP contribution >= 0.6 is 23.6 Å². The van der Waals surface area contributed by atoms with Gasteiger partial charge in [0.15, 0.2) is 0 Å². The van der Waals surface area contributed by atoms with Gasteiger partial charge in [0.25, 0.3) is 5.56 Å². The monoisotopic (exact) mass is 280 g/mol. The molecule has 0 radical (unpaired) electrons. The molecule has 94 valence electrons. The first-order valence-corrected chi connectivity index (χ1v) is 6.95. The molecule has 0 amide bonds. The lowest BCUT2D eigenvalue weighted by molar-refractivity contribution is 0.518. The van der Waals surface area contributed by atoms with Gasteiger partial charge in [0.2, 0.25) is 10.5 Å². The summed E-state index contributed by atoms with van der Waals surface area (Å²) in [5.41, 5.74) is 0.842. The first-order chi connectivity index (χ1) is 8.59. The van der Waals surface area contributed by atoms with E-state index in [0.717, 1.165) is 10.2 Å². The van der Waals surface area contributed by atoms with Gasteiger partial charge in [0.05, 0.1) is 5.52 Å². The standard InChI is InChI=1S/C11H12N4OS2/c1-6(2)5-14-9(16)8-7(3-4-18-8)15-10(14)12-13-11(15)17/h3-4,6H,5H2,1-2H3,(H,13,17). The zero-order valence-corrected chi connectivity index (χ0v) is 11.6. The molecule has 3 rings (SSSR count). The van der Waals surface area contributed by atoms with E-state index in [1.165, 1.54) is 11.3 Å². The zero-order valence-electron chi connectivity index (χ0n) is 10.0. The van der Waals surface area contributed by atoms with Gasteiger partial charge in [-0.15, -0.1) is 16.4 Å². The number of H-pyrrole nitrogens is 1. The van der Waals surface area contributed by atoms with E-state index >= 15 is 0 Å². The maximum atomic E-state index is 12.4. The quantitative estimate of drug-likeness (QED) is 0.733. The number of aromatic amines is 1. The first-order valence-electron chi connectivity index (χ1n) is 5.66. The van der Waals surface area contributed by atoms with Gasteiger partial charge < -0.3 is 0 Å². The molecule has 0 aliphatic heterocycles. The Hall–Kier alpha value is -1.47. The molecule has 0 saturated carbocycles. The van der Waals surface area contributed by atoms with Crippen LogP contribution in [0.2, 0.25) is 0 Å². The fourth-order valence-electron chi connectivity index (χ4n) is 2.07. The minimum Gasteiger partial charge on any atom is -0.275 e. The summed E-state index contributed by atoms with van der Waals surface area (Å²) >= 11 is 6.67. The van der Waals surface area contributed by atoms with E-state index in [0.29, 0.717) is 23.0 Å². The van der Waals surface area contributed by atoms with Gasteiger partial charge in [0.1, 0.15) is 4.70 Å². The van der Waals surface area contributed by atoms with Crippen LogP contribution in [-0.2, 0) is 6.54 Å². The molecule has 0 unspecified atom stereocenters. The van der Waals surface area contributed by atoms with Crippen LogP contribution in [0.4, 0.5) is 0 Å². The third-order valence-electron chi connectivity index (χ3n) is 2.77. The number of hydrogen-bond donors (Lipinski definition) is 1. The van der Waals surface area contributed by atoms with Crippen LogP contribution in [0.3, 0.4) is 0 Å². The van der Waals surface area contributed by atoms with Gasteiger partial charge >= 0.3 is 0 Å². The number of aromatic nitrogens is 4. The Morgan fingerprint density at radius 2 is 2.33 bits per heavy atom. The predicted octanol–water partition coefficient (Wildman–Crippen LogP) is 2.42. The molecule has 7 heteroatoms. The fraction of sp³-hybridized carbons (Fsp3) is 0.364. The van der Waals surface area contributed by atoms with E-state index in [1.807, 2.05) is 15.8 Å². The topological polar surface area (TPSA) is 55.1 Å². The summed E-state index contributed by atoms with van der Waals surface area (Å²) in [5.74, 6) is 0.957. The van der Waals surface area contributed by atoms with Crippen LogP contribution in [0.1, 0.15) is 13.8 Å². The van der Waals surface area contributed by atoms with Crippen LogP contribution in [0.25, 0.3) is 16.0 Å². The zero-order chi connectivity index (χ0) is 12.9. The van der Waals surface area contributed by atoms with Crippen molar-refractivity contribution in [1.29, 1.82) is 0 Å². The van der Waals surface area contributed by atoms with Crippen LogP contribution < -0.4 is 5.56 Å². The van der Waals surface area contributed by atoms with Crippen LogP contribution in [0, 0.1) is 10.7 Å². The lowest BCUT2D eigenvalue weighted by Crippen LogP contribution is -2.24. The van der Waals surface area contributed by atoms with E-state index < -0.39 is 0 Å². The summed E-state index contributed by atoms with van der Waals surface area (Å²) in [4.78, 5) is 12.4. The van der Waals surface area contributed by atoms with Gasteiger partial charge in [-0.1, -0.05) is 13.8 Å². The van der Waals surface area contributed by atoms with Gasteiger partial charge in [-0.2, -0.15) is 0 Å². The largest absolute Gasteiger partial charge is 0.275 e. The molecular formula is C11H12N4OS2. The van der Waals surface area contributed by atoms with Crippen molar-refractivity contribution in [3.05, 3.63) is 26.6 Å². The second-order valence-electron chi connectivity index (χ2n) is 4.61. The number of fused-ring (bicyclic) bond motifs is 3. The van der Waals surface area contributed by atoms with Crippen LogP contribution in [0.15, 0.2) is 16.2 Å². The van der Waals surface area contributed by atoms with Crippen molar-refractivity contribution in [1.82, 2.24) is 19.2 Å². The third-order valence-corrected chi connectivity index (χ3v) is 3.93. The smallest absolute Gasteiger partial charge is 0.272 e. The van der Waals surface area contributed by atoms with E-state index in [1.54, 1.807) is 4.57 Å². The van der Waals surface area contributed by atoms with Gasteiger partial charge in [-0.25, -0.2) is 5.10 Å². The van der Waals surface area contributed by atoms with E-state index in [9.17, 15) is 4.79 Å². The number of rotatable bonds is 2. The van der Waals surface area contributed by atoms with Crippen molar-refractivity contribution in [2.45, 2.75) is 20.4 Å². The first kappa shape index (κ1) is 11.6. The summed E-state index contributed by atoms with van der Waals surface area (Å²) < 4.78 is 4.76. The summed E-state index contributed by atoms with van der Waals surface area (Å²) in [5, 5.41) is 8.84. The van der Waals surface area contributed by atoms with E-state index in [4.69, 9.17) is 12.2 Å². The van der Waals surface area contributed by atoms with Gasteiger partial charge in [-0.3, -0.25) is 13.8 Å². The summed E-state index contributed by atoms with van der Waals surface area (Å²) in [6, 6.07) is 1.90. The second-order valence-corrected chi connectivity index (χ2v) is 5.91. The van der Waals surface area contributed by atoms with Crippen molar-refractivity contribution in [3.8, 4) is 0 Å². The highest BCUT2D eigenvalue weighted by Crippen LogP contribution is 2.18. The van der Waals surface area contributed by atoms with Crippen molar-refractivity contribution in [2.75, 3.05) is 0 Å².